The van der Waals surface area contributed by atoms with E-state index in [4.69, 9.17) is 0 Å². The van der Waals surface area contributed by atoms with Crippen LogP contribution in [-0.4, -0.2) is 4.57 Å². The fourth-order valence-electron chi connectivity index (χ4n) is 10.1. The van der Waals surface area contributed by atoms with E-state index in [9.17, 15) is 0 Å². The quantitative estimate of drug-likeness (QED) is 0.164. The van der Waals surface area contributed by atoms with Gasteiger partial charge in [-0.3, -0.25) is 0 Å². The third-order valence-electron chi connectivity index (χ3n) is 12.6. The highest BCUT2D eigenvalue weighted by molar-refractivity contribution is 7.25. The van der Waals surface area contributed by atoms with Crippen molar-refractivity contribution >= 4 is 70.4 Å². The molecule has 0 N–H and O–H groups in total. The molecule has 2 heterocycles. The van der Waals surface area contributed by atoms with Gasteiger partial charge in [-0.05, 0) is 123 Å². The van der Waals surface area contributed by atoms with Crippen LogP contribution in [0.1, 0.15) is 45.2 Å². The molecule has 2 nitrogen and oxygen atoms in total. The second-order valence-electron chi connectivity index (χ2n) is 17.3. The molecule has 11 rings (SSSR count). The van der Waals surface area contributed by atoms with Crippen molar-refractivity contribution in [1.29, 1.82) is 0 Å². The molecule has 3 heteroatoms. The van der Waals surface area contributed by atoms with Crippen LogP contribution in [0.5, 0.6) is 0 Å². The lowest BCUT2D eigenvalue weighted by atomic mass is 9.82. The number of nitrogens with zero attached hydrogens (tertiary/aromatic N) is 2. The fraction of sp³-hybridized carbons (Fsp3) is 0.127. The maximum absolute atomic E-state index is 2.51. The number of benzene rings is 8. The summed E-state index contributed by atoms with van der Waals surface area (Å²) in [5.41, 5.74) is 15.2. The highest BCUT2D eigenvalue weighted by Crippen LogP contribution is 2.52. The average Bonchev–Trinajstić information content (AvgIpc) is 3.84. The molecule has 1 aliphatic rings. The van der Waals surface area contributed by atoms with E-state index in [0.29, 0.717) is 0 Å². The van der Waals surface area contributed by atoms with Gasteiger partial charge in [-0.2, -0.15) is 0 Å². The third kappa shape index (κ3) is 5.60. The van der Waals surface area contributed by atoms with Gasteiger partial charge < -0.3 is 9.47 Å². The minimum Gasteiger partial charge on any atom is -0.310 e. The summed E-state index contributed by atoms with van der Waals surface area (Å²) in [6, 6.07) is 67.2. The number of rotatable bonds is 6. The molecule has 2 aromatic heterocycles. The van der Waals surface area contributed by atoms with E-state index in [-0.39, 0.29) is 10.8 Å². The van der Waals surface area contributed by atoms with Gasteiger partial charge in [-0.25, -0.2) is 0 Å². The predicted octanol–water partition coefficient (Wildman–Crippen LogP) is 15.9. The first kappa shape index (κ1) is 34.8. The van der Waals surface area contributed by atoms with Gasteiger partial charge in [0.25, 0.3) is 0 Å². The van der Waals surface area contributed by atoms with Gasteiger partial charge in [-0.1, -0.05) is 137 Å². The summed E-state index contributed by atoms with van der Waals surface area (Å²) in [4.78, 5) is 2.42. The lowest BCUT2D eigenvalue weighted by Crippen LogP contribution is -2.17. The van der Waals surface area contributed by atoms with E-state index in [1.165, 1.54) is 87.5 Å². The van der Waals surface area contributed by atoms with Crippen LogP contribution < -0.4 is 4.90 Å². The Kier molecular flexibility index (Phi) is 7.83. The molecule has 0 amide bonds. The fourth-order valence-corrected chi connectivity index (χ4v) is 11.2. The van der Waals surface area contributed by atoms with Crippen molar-refractivity contribution in [3.05, 3.63) is 193 Å². The van der Waals surface area contributed by atoms with Gasteiger partial charge in [0.05, 0.1) is 11.0 Å². The topological polar surface area (TPSA) is 8.17 Å². The normalized spacial score (nSPS) is 14.4. The lowest BCUT2D eigenvalue weighted by molar-refractivity contribution is 0.403. The largest absolute Gasteiger partial charge is 0.310 e. The highest BCUT2D eigenvalue weighted by atomic mass is 32.1. The first-order valence-electron chi connectivity index (χ1n) is 20.4. The number of aromatic nitrogens is 1. The molecule has 1 aliphatic carbocycles. The van der Waals surface area contributed by atoms with Gasteiger partial charge >= 0.3 is 0 Å². The first-order chi connectivity index (χ1) is 28.2. The minimum absolute atomic E-state index is 0.167. The molecule has 0 atom stereocenters. The van der Waals surface area contributed by atoms with Crippen molar-refractivity contribution in [3.63, 3.8) is 0 Å². The van der Waals surface area contributed by atoms with Gasteiger partial charge in [0, 0.05) is 53.7 Å². The van der Waals surface area contributed by atoms with E-state index < -0.39 is 0 Å². The SMILES string of the molecule is CC1(C)CC(C)(C)c2cc3c(cc21)sc1cc(N(c2ccc(-c4ccc5c6ccccc6n(-c6ccccc6)c5c4)cc2)c2cccc(-c4ccccc4)c2)ccc13. The zero-order valence-electron chi connectivity index (χ0n) is 33.3. The van der Waals surface area contributed by atoms with Crippen LogP contribution >= 0.6 is 11.3 Å². The Bertz CT molecular complexity index is 3180. The second kappa shape index (κ2) is 13.1. The van der Waals surface area contributed by atoms with Gasteiger partial charge in [0.1, 0.15) is 0 Å². The molecule has 0 aliphatic heterocycles. The summed E-state index contributed by atoms with van der Waals surface area (Å²) in [5.74, 6) is 0. The Hall–Kier alpha value is -6.42. The number of hydrogen-bond donors (Lipinski definition) is 0. The van der Waals surface area contributed by atoms with E-state index >= 15 is 0 Å². The van der Waals surface area contributed by atoms with Crippen molar-refractivity contribution in [2.75, 3.05) is 4.90 Å². The Morgan fingerprint density at radius 2 is 0.983 bits per heavy atom. The van der Waals surface area contributed by atoms with E-state index in [2.05, 4.69) is 219 Å². The molecular formula is C55H44N2S. The summed E-state index contributed by atoms with van der Waals surface area (Å²) in [5, 5.41) is 5.24. The van der Waals surface area contributed by atoms with Crippen LogP contribution in [0.3, 0.4) is 0 Å². The van der Waals surface area contributed by atoms with Crippen LogP contribution in [0.25, 0.3) is 69.9 Å². The first-order valence-corrected chi connectivity index (χ1v) is 21.2. The molecule has 0 spiro atoms. The molecule has 0 bridgehead atoms. The molecule has 0 radical (unpaired) electrons. The Morgan fingerprint density at radius 1 is 0.414 bits per heavy atom. The van der Waals surface area contributed by atoms with Crippen LogP contribution in [0.15, 0.2) is 182 Å². The molecule has 8 aromatic carbocycles. The zero-order valence-corrected chi connectivity index (χ0v) is 34.1. The Labute approximate surface area is 344 Å². The van der Waals surface area contributed by atoms with Crippen molar-refractivity contribution < 1.29 is 0 Å². The standard InChI is InChI=1S/C55H44N2S/c1-54(2)35-55(3,4)49-34-53-47(33-48(49)54)46-29-27-43(32-52(46)58-53)56(42-19-13-16-38(30-42)36-14-7-5-8-15-36)41-25-22-37(23-26-41)39-24-28-45-44-20-11-12-21-50(44)57(51(45)31-39)40-17-9-6-10-18-40/h5-34H,35H2,1-4H3. The number of hydrogen-bond acceptors (Lipinski definition) is 2. The molecule has 0 saturated carbocycles. The minimum atomic E-state index is 0.167. The smallest absolute Gasteiger partial charge is 0.0547 e. The molecule has 58 heavy (non-hydrogen) atoms. The van der Waals surface area contributed by atoms with Crippen molar-refractivity contribution in [3.8, 4) is 27.9 Å². The Morgan fingerprint density at radius 3 is 1.78 bits per heavy atom. The summed E-state index contributed by atoms with van der Waals surface area (Å²) in [6.45, 7) is 9.64. The molecular weight excluding hydrogens is 721 g/mol. The van der Waals surface area contributed by atoms with Crippen LogP contribution in [-0.2, 0) is 10.8 Å². The van der Waals surface area contributed by atoms with Crippen LogP contribution in [0.4, 0.5) is 17.1 Å². The second-order valence-corrected chi connectivity index (χ2v) is 18.4. The van der Waals surface area contributed by atoms with Gasteiger partial charge in [0.15, 0.2) is 0 Å². The number of thiophene rings is 1. The molecule has 0 saturated heterocycles. The molecule has 0 unspecified atom stereocenters. The summed E-state index contributed by atoms with van der Waals surface area (Å²) < 4.78 is 5.08. The van der Waals surface area contributed by atoms with E-state index in [1.807, 2.05) is 11.3 Å². The maximum Gasteiger partial charge on any atom is 0.0547 e. The highest BCUT2D eigenvalue weighted by Gasteiger charge is 2.42. The summed E-state index contributed by atoms with van der Waals surface area (Å²) >= 11 is 1.92. The summed E-state index contributed by atoms with van der Waals surface area (Å²) in [6.07, 6.45) is 1.18. The van der Waals surface area contributed by atoms with Gasteiger partial charge in [-0.15, -0.1) is 11.3 Å². The lowest BCUT2D eigenvalue weighted by Gasteiger charge is -2.26. The molecule has 0 fully saturated rings. The van der Waals surface area contributed by atoms with Crippen LogP contribution in [0.2, 0.25) is 0 Å². The molecule has 280 valence electrons. The zero-order chi connectivity index (χ0) is 39.2. The van der Waals surface area contributed by atoms with Crippen molar-refractivity contribution in [2.45, 2.75) is 44.9 Å². The van der Waals surface area contributed by atoms with Crippen LogP contribution in [0, 0.1) is 0 Å². The van der Waals surface area contributed by atoms with E-state index in [1.54, 1.807) is 0 Å². The average molecular weight is 765 g/mol. The summed E-state index contributed by atoms with van der Waals surface area (Å²) in [7, 11) is 0. The Balaban J connectivity index is 1.04. The van der Waals surface area contributed by atoms with E-state index in [0.717, 1.165) is 17.1 Å². The monoisotopic (exact) mass is 764 g/mol. The maximum atomic E-state index is 2.51. The number of anilines is 3. The number of fused-ring (bicyclic) bond motifs is 7. The predicted molar refractivity (Wildman–Crippen MR) is 250 cm³/mol. The molecule has 10 aromatic rings. The van der Waals surface area contributed by atoms with Crippen molar-refractivity contribution in [2.24, 2.45) is 0 Å². The third-order valence-corrected chi connectivity index (χ3v) is 13.7. The van der Waals surface area contributed by atoms with Gasteiger partial charge in [0.2, 0.25) is 0 Å². The number of para-hydroxylation sites is 2. The van der Waals surface area contributed by atoms with Crippen molar-refractivity contribution in [1.82, 2.24) is 4.57 Å².